The third-order valence-corrected chi connectivity index (χ3v) is 3.64. The molecule has 2 rings (SSSR count). The molecular weight excluding hydrogens is 300 g/mol. The molecule has 0 bridgehead atoms. The average molecular weight is 322 g/mol. The van der Waals surface area contributed by atoms with E-state index in [1.165, 1.54) is 6.33 Å². The molecule has 0 aromatic carbocycles. The minimum absolute atomic E-state index is 0.492. The number of furan rings is 1. The van der Waals surface area contributed by atoms with Crippen LogP contribution >= 0.6 is 11.8 Å². The lowest BCUT2D eigenvalue weighted by molar-refractivity contribution is 0.507. The predicted molar refractivity (Wildman–Crippen MR) is 88.9 cm³/mol. The Labute approximate surface area is 134 Å². The quantitative estimate of drug-likeness (QED) is 0.429. The molecule has 120 valence electrons. The Bertz CT molecular complexity index is 566. The van der Waals surface area contributed by atoms with E-state index in [-0.39, 0.29) is 0 Å². The van der Waals surface area contributed by atoms with Gasteiger partial charge < -0.3 is 15.1 Å². The highest BCUT2D eigenvalue weighted by atomic mass is 32.2. The molecule has 0 unspecified atom stereocenters. The van der Waals surface area contributed by atoms with Crippen LogP contribution in [0.2, 0.25) is 0 Å². The van der Waals surface area contributed by atoms with Crippen molar-refractivity contribution < 1.29 is 4.42 Å². The van der Waals surface area contributed by atoms with Gasteiger partial charge in [0.15, 0.2) is 5.96 Å². The molecule has 2 aromatic heterocycles. The maximum atomic E-state index is 5.32. The van der Waals surface area contributed by atoms with E-state index in [4.69, 9.17) is 4.42 Å². The number of thioether (sulfide) groups is 1. The molecule has 0 saturated carbocycles. The molecule has 0 radical (unpaired) electrons. The van der Waals surface area contributed by atoms with Crippen LogP contribution in [0.5, 0.6) is 0 Å². The summed E-state index contributed by atoms with van der Waals surface area (Å²) in [7, 11) is 1.86. The first kappa shape index (κ1) is 16.4. The fourth-order valence-corrected chi connectivity index (χ4v) is 2.12. The van der Waals surface area contributed by atoms with Crippen molar-refractivity contribution in [3.63, 3.8) is 0 Å². The largest absolute Gasteiger partial charge is 0.469 e. The molecule has 8 heteroatoms. The Hall–Kier alpha value is -1.96. The van der Waals surface area contributed by atoms with Gasteiger partial charge in [-0.05, 0) is 18.4 Å². The molecular formula is C14H22N6OS. The Balaban J connectivity index is 1.85. The average Bonchev–Trinajstić information content (AvgIpc) is 3.16. The number of aryl methyl sites for hydroxylation is 1. The van der Waals surface area contributed by atoms with Crippen molar-refractivity contribution in [2.24, 2.45) is 12.0 Å². The lowest BCUT2D eigenvalue weighted by Crippen LogP contribution is -2.39. The molecule has 0 saturated heterocycles. The molecule has 22 heavy (non-hydrogen) atoms. The zero-order valence-electron chi connectivity index (χ0n) is 13.0. The van der Waals surface area contributed by atoms with E-state index in [9.17, 15) is 0 Å². The van der Waals surface area contributed by atoms with Crippen molar-refractivity contribution in [1.82, 2.24) is 25.4 Å². The molecule has 0 aliphatic rings. The first-order valence-electron chi connectivity index (χ1n) is 7.16. The number of aromatic nitrogens is 3. The second kappa shape index (κ2) is 9.14. The van der Waals surface area contributed by atoms with E-state index in [1.54, 1.807) is 22.7 Å². The summed E-state index contributed by atoms with van der Waals surface area (Å²) in [6, 6.07) is 3.87. The highest BCUT2D eigenvalue weighted by Crippen LogP contribution is 1.99. The second-order valence-corrected chi connectivity index (χ2v) is 5.63. The van der Waals surface area contributed by atoms with Crippen LogP contribution in [-0.4, -0.2) is 45.8 Å². The lowest BCUT2D eigenvalue weighted by atomic mass is 10.3. The van der Waals surface area contributed by atoms with Gasteiger partial charge in [-0.3, -0.25) is 4.68 Å². The highest BCUT2D eigenvalue weighted by Gasteiger charge is 2.03. The third-order valence-electron chi connectivity index (χ3n) is 3.03. The molecule has 0 spiro atoms. The van der Waals surface area contributed by atoms with E-state index in [0.29, 0.717) is 6.54 Å². The monoisotopic (exact) mass is 322 g/mol. The van der Waals surface area contributed by atoms with Gasteiger partial charge in [0.2, 0.25) is 0 Å². The maximum Gasteiger partial charge on any atom is 0.191 e. The van der Waals surface area contributed by atoms with Gasteiger partial charge in [-0.2, -0.15) is 16.9 Å². The summed E-state index contributed by atoms with van der Waals surface area (Å²) in [6.07, 6.45) is 6.13. The Morgan fingerprint density at radius 1 is 1.41 bits per heavy atom. The number of rotatable bonds is 8. The van der Waals surface area contributed by atoms with Gasteiger partial charge >= 0.3 is 0 Å². The summed E-state index contributed by atoms with van der Waals surface area (Å²) < 4.78 is 7.05. The zero-order valence-corrected chi connectivity index (χ0v) is 13.8. The van der Waals surface area contributed by atoms with Crippen LogP contribution in [0.25, 0.3) is 0 Å². The predicted octanol–water partition coefficient (Wildman–Crippen LogP) is 1.05. The van der Waals surface area contributed by atoms with Gasteiger partial charge in [0.1, 0.15) is 24.5 Å². The lowest BCUT2D eigenvalue weighted by Gasteiger charge is -2.11. The van der Waals surface area contributed by atoms with Crippen LogP contribution in [0.15, 0.2) is 34.1 Å². The van der Waals surface area contributed by atoms with Crippen molar-refractivity contribution in [1.29, 1.82) is 0 Å². The van der Waals surface area contributed by atoms with E-state index in [2.05, 4.69) is 32.0 Å². The first-order chi connectivity index (χ1) is 10.8. The van der Waals surface area contributed by atoms with Crippen LogP contribution < -0.4 is 10.6 Å². The fraction of sp³-hybridized carbons (Fsp3) is 0.500. The number of nitrogens with one attached hydrogen (secondary N) is 2. The zero-order chi connectivity index (χ0) is 15.6. The summed E-state index contributed by atoms with van der Waals surface area (Å²) in [5, 5.41) is 10.7. The van der Waals surface area contributed by atoms with E-state index < -0.39 is 0 Å². The summed E-state index contributed by atoms with van der Waals surface area (Å²) in [4.78, 5) is 8.72. The molecule has 0 aliphatic heterocycles. The van der Waals surface area contributed by atoms with E-state index in [0.717, 1.165) is 42.8 Å². The Kier molecular flexibility index (Phi) is 6.82. The molecule has 0 atom stereocenters. The number of nitrogens with zero attached hydrogens (tertiary/aromatic N) is 4. The van der Waals surface area contributed by atoms with Gasteiger partial charge in [-0.25, -0.2) is 9.98 Å². The van der Waals surface area contributed by atoms with Crippen LogP contribution in [0.3, 0.4) is 0 Å². The number of hydrogen-bond acceptors (Lipinski definition) is 5. The molecule has 7 nitrogen and oxygen atoms in total. The fourth-order valence-electron chi connectivity index (χ4n) is 1.82. The molecule has 0 fully saturated rings. The molecule has 0 amide bonds. The minimum atomic E-state index is 0.492. The van der Waals surface area contributed by atoms with Gasteiger partial charge in [0, 0.05) is 32.3 Å². The highest BCUT2D eigenvalue weighted by molar-refractivity contribution is 7.98. The summed E-state index contributed by atoms with van der Waals surface area (Å²) >= 11 is 1.80. The Morgan fingerprint density at radius 2 is 2.27 bits per heavy atom. The number of guanidine groups is 1. The van der Waals surface area contributed by atoms with Crippen molar-refractivity contribution in [3.05, 3.63) is 36.3 Å². The van der Waals surface area contributed by atoms with Gasteiger partial charge in [0.25, 0.3) is 0 Å². The smallest absolute Gasteiger partial charge is 0.191 e. The summed E-state index contributed by atoms with van der Waals surface area (Å²) in [5.74, 6) is 3.60. The second-order valence-electron chi connectivity index (χ2n) is 4.64. The van der Waals surface area contributed by atoms with Crippen LogP contribution in [0, 0.1) is 0 Å². The molecule has 0 aliphatic carbocycles. The standard InChI is InChI=1S/C14H22N6OS/c1-20-13(18-11-19-20)10-17-14(16-7-9-22-2)15-6-5-12-4-3-8-21-12/h3-4,8,11H,5-7,9-10H2,1-2H3,(H2,15,16,17). The van der Waals surface area contributed by atoms with E-state index in [1.807, 2.05) is 19.2 Å². The van der Waals surface area contributed by atoms with Crippen molar-refractivity contribution in [2.45, 2.75) is 13.0 Å². The Morgan fingerprint density at radius 3 is 2.95 bits per heavy atom. The van der Waals surface area contributed by atoms with Crippen LogP contribution in [0.1, 0.15) is 11.6 Å². The van der Waals surface area contributed by atoms with Crippen LogP contribution in [-0.2, 0) is 20.0 Å². The van der Waals surface area contributed by atoms with Crippen molar-refractivity contribution in [2.75, 3.05) is 25.1 Å². The molecule has 2 heterocycles. The van der Waals surface area contributed by atoms with Crippen LogP contribution in [0.4, 0.5) is 0 Å². The minimum Gasteiger partial charge on any atom is -0.469 e. The SMILES string of the molecule is CSCCNC(=NCc1ncnn1C)NCCc1ccco1. The topological polar surface area (TPSA) is 80.3 Å². The van der Waals surface area contributed by atoms with Crippen molar-refractivity contribution >= 4 is 17.7 Å². The number of aliphatic imine (C=N–C) groups is 1. The maximum absolute atomic E-state index is 5.32. The van der Waals surface area contributed by atoms with E-state index >= 15 is 0 Å². The van der Waals surface area contributed by atoms with Gasteiger partial charge in [0.05, 0.1) is 6.26 Å². The normalized spacial score (nSPS) is 11.6. The van der Waals surface area contributed by atoms with Gasteiger partial charge in [-0.1, -0.05) is 0 Å². The van der Waals surface area contributed by atoms with Gasteiger partial charge in [-0.15, -0.1) is 0 Å². The summed E-state index contributed by atoms with van der Waals surface area (Å²) in [6.45, 7) is 2.12. The third kappa shape index (κ3) is 5.44. The summed E-state index contributed by atoms with van der Waals surface area (Å²) in [5.41, 5.74) is 0. The molecule has 2 N–H and O–H groups in total. The van der Waals surface area contributed by atoms with Crippen molar-refractivity contribution in [3.8, 4) is 0 Å². The number of hydrogen-bond donors (Lipinski definition) is 2. The first-order valence-corrected chi connectivity index (χ1v) is 8.55. The molecule has 2 aromatic rings.